The first kappa shape index (κ1) is 11.9. The molecule has 2 rings (SSSR count). The monoisotopic (exact) mass is 303 g/mol. The van der Waals surface area contributed by atoms with Gasteiger partial charge in [0, 0.05) is 10.2 Å². The van der Waals surface area contributed by atoms with E-state index in [2.05, 4.69) is 20.7 Å². The van der Waals surface area contributed by atoms with E-state index in [0.29, 0.717) is 5.69 Å². The second-order valence-corrected chi connectivity index (χ2v) is 6.94. The maximum atomic E-state index is 12.0. The van der Waals surface area contributed by atoms with E-state index in [1.165, 1.54) is 0 Å². The minimum absolute atomic E-state index is 0.216. The number of hydrogen-bond acceptors (Lipinski definition) is 2. The van der Waals surface area contributed by atoms with Crippen molar-refractivity contribution >= 4 is 31.6 Å². The molecule has 0 spiro atoms. The molecule has 1 fully saturated rings. The van der Waals surface area contributed by atoms with Gasteiger partial charge < -0.3 is 0 Å². The lowest BCUT2D eigenvalue weighted by Gasteiger charge is -2.13. The molecule has 88 valence electrons. The van der Waals surface area contributed by atoms with E-state index in [4.69, 9.17) is 0 Å². The molecule has 0 heterocycles. The Balaban J connectivity index is 2.14. The van der Waals surface area contributed by atoms with Gasteiger partial charge in [-0.25, -0.2) is 8.42 Å². The van der Waals surface area contributed by atoms with Crippen molar-refractivity contribution in [2.24, 2.45) is 0 Å². The summed E-state index contributed by atoms with van der Waals surface area (Å²) in [4.78, 5) is 0. The van der Waals surface area contributed by atoms with Crippen LogP contribution in [-0.2, 0) is 10.0 Å². The number of sulfonamides is 1. The van der Waals surface area contributed by atoms with Gasteiger partial charge in [-0.05, 0) is 31.0 Å². The molecule has 1 saturated carbocycles. The Morgan fingerprint density at radius 3 is 2.56 bits per heavy atom. The van der Waals surface area contributed by atoms with Gasteiger partial charge in [-0.1, -0.05) is 34.8 Å². The average Bonchev–Trinajstić information content (AvgIpc) is 2.69. The molecule has 16 heavy (non-hydrogen) atoms. The summed E-state index contributed by atoms with van der Waals surface area (Å²) in [6.45, 7) is 0. The predicted octanol–water partition coefficient (Wildman–Crippen LogP) is 3.13. The van der Waals surface area contributed by atoms with Gasteiger partial charge in [-0.2, -0.15) is 0 Å². The van der Waals surface area contributed by atoms with Crippen molar-refractivity contribution in [2.75, 3.05) is 4.72 Å². The average molecular weight is 304 g/mol. The first-order chi connectivity index (χ1) is 7.58. The zero-order chi connectivity index (χ0) is 11.6. The fraction of sp³-hybridized carbons (Fsp3) is 0.455. The summed E-state index contributed by atoms with van der Waals surface area (Å²) in [5.41, 5.74) is 0.626. The minimum atomic E-state index is -3.20. The molecule has 0 saturated heterocycles. The summed E-state index contributed by atoms with van der Waals surface area (Å²) in [5, 5.41) is -0.216. The topological polar surface area (TPSA) is 46.2 Å². The first-order valence-electron chi connectivity index (χ1n) is 5.35. The Morgan fingerprint density at radius 2 is 1.94 bits per heavy atom. The smallest absolute Gasteiger partial charge is 0.235 e. The lowest BCUT2D eigenvalue weighted by Crippen LogP contribution is -2.25. The Morgan fingerprint density at radius 1 is 1.25 bits per heavy atom. The zero-order valence-corrected chi connectivity index (χ0v) is 11.2. The third kappa shape index (κ3) is 2.77. The number of anilines is 1. The zero-order valence-electron chi connectivity index (χ0n) is 8.82. The predicted molar refractivity (Wildman–Crippen MR) is 68.9 cm³/mol. The fourth-order valence-electron chi connectivity index (χ4n) is 2.00. The van der Waals surface area contributed by atoms with E-state index < -0.39 is 10.0 Å². The third-order valence-electron chi connectivity index (χ3n) is 2.83. The van der Waals surface area contributed by atoms with Crippen LogP contribution in [0.15, 0.2) is 28.7 Å². The summed E-state index contributed by atoms with van der Waals surface area (Å²) < 4.78 is 27.5. The van der Waals surface area contributed by atoms with E-state index in [0.717, 1.165) is 30.2 Å². The molecule has 1 aromatic rings. The molecule has 1 aliphatic rings. The standard InChI is InChI=1S/C11H14BrNO2S/c12-9-4-3-5-10(8-9)13-16(14,15)11-6-1-2-7-11/h3-5,8,11,13H,1-2,6-7H2. The molecule has 1 aromatic carbocycles. The van der Waals surface area contributed by atoms with E-state index >= 15 is 0 Å². The highest BCUT2D eigenvalue weighted by atomic mass is 79.9. The van der Waals surface area contributed by atoms with Crippen molar-refractivity contribution in [1.82, 2.24) is 0 Å². The maximum absolute atomic E-state index is 12.0. The highest BCUT2D eigenvalue weighted by Crippen LogP contribution is 2.26. The summed E-state index contributed by atoms with van der Waals surface area (Å²) in [5.74, 6) is 0. The molecule has 0 atom stereocenters. The van der Waals surface area contributed by atoms with Gasteiger partial charge in [0.25, 0.3) is 0 Å². The van der Waals surface area contributed by atoms with Crippen LogP contribution in [0.1, 0.15) is 25.7 Å². The molecule has 0 bridgehead atoms. The number of nitrogens with one attached hydrogen (secondary N) is 1. The van der Waals surface area contributed by atoms with Gasteiger partial charge in [0.2, 0.25) is 10.0 Å². The molecule has 0 aromatic heterocycles. The summed E-state index contributed by atoms with van der Waals surface area (Å²) in [6.07, 6.45) is 3.60. The molecular weight excluding hydrogens is 290 g/mol. The molecule has 1 N–H and O–H groups in total. The number of rotatable bonds is 3. The van der Waals surface area contributed by atoms with Gasteiger partial charge in [0.05, 0.1) is 5.25 Å². The lowest BCUT2D eigenvalue weighted by atomic mass is 10.3. The second kappa shape index (κ2) is 4.75. The lowest BCUT2D eigenvalue weighted by molar-refractivity contribution is 0.585. The minimum Gasteiger partial charge on any atom is -0.283 e. The van der Waals surface area contributed by atoms with Gasteiger partial charge in [-0.3, -0.25) is 4.72 Å². The summed E-state index contributed by atoms with van der Waals surface area (Å²) >= 11 is 3.32. The van der Waals surface area contributed by atoms with E-state index in [-0.39, 0.29) is 5.25 Å². The van der Waals surface area contributed by atoms with E-state index in [1.807, 2.05) is 12.1 Å². The quantitative estimate of drug-likeness (QED) is 0.932. The Kier molecular flexibility index (Phi) is 3.54. The molecule has 0 radical (unpaired) electrons. The van der Waals surface area contributed by atoms with Gasteiger partial charge in [0.15, 0.2) is 0 Å². The SMILES string of the molecule is O=S(=O)(Nc1cccc(Br)c1)C1CCCC1. The van der Waals surface area contributed by atoms with Crippen LogP contribution in [-0.4, -0.2) is 13.7 Å². The van der Waals surface area contributed by atoms with Crippen molar-refractivity contribution in [3.8, 4) is 0 Å². The highest BCUT2D eigenvalue weighted by Gasteiger charge is 2.28. The first-order valence-corrected chi connectivity index (χ1v) is 7.69. The van der Waals surface area contributed by atoms with Crippen molar-refractivity contribution < 1.29 is 8.42 Å². The van der Waals surface area contributed by atoms with Crippen LogP contribution >= 0.6 is 15.9 Å². The van der Waals surface area contributed by atoms with Crippen LogP contribution < -0.4 is 4.72 Å². The number of hydrogen-bond donors (Lipinski definition) is 1. The van der Waals surface area contributed by atoms with E-state index in [1.54, 1.807) is 12.1 Å². The Hall–Kier alpha value is -0.550. The third-order valence-corrected chi connectivity index (χ3v) is 5.19. The molecule has 1 aliphatic carbocycles. The van der Waals surface area contributed by atoms with Crippen LogP contribution in [0.25, 0.3) is 0 Å². The number of halogens is 1. The molecule has 3 nitrogen and oxygen atoms in total. The number of benzene rings is 1. The largest absolute Gasteiger partial charge is 0.283 e. The van der Waals surface area contributed by atoms with Crippen molar-refractivity contribution in [3.05, 3.63) is 28.7 Å². The van der Waals surface area contributed by atoms with Gasteiger partial charge >= 0.3 is 0 Å². The fourth-order valence-corrected chi connectivity index (χ4v) is 3.97. The molecule has 0 unspecified atom stereocenters. The van der Waals surface area contributed by atoms with E-state index in [9.17, 15) is 8.42 Å². The van der Waals surface area contributed by atoms with Crippen LogP contribution in [0.2, 0.25) is 0 Å². The maximum Gasteiger partial charge on any atom is 0.235 e. The van der Waals surface area contributed by atoms with Gasteiger partial charge in [0.1, 0.15) is 0 Å². The molecule has 0 aliphatic heterocycles. The van der Waals surface area contributed by atoms with Crippen molar-refractivity contribution in [3.63, 3.8) is 0 Å². The van der Waals surface area contributed by atoms with Crippen molar-refractivity contribution in [1.29, 1.82) is 0 Å². The summed E-state index contributed by atoms with van der Waals surface area (Å²) in [7, 11) is -3.20. The summed E-state index contributed by atoms with van der Waals surface area (Å²) in [6, 6.07) is 7.22. The van der Waals surface area contributed by atoms with Crippen LogP contribution in [0.4, 0.5) is 5.69 Å². The highest BCUT2D eigenvalue weighted by molar-refractivity contribution is 9.10. The van der Waals surface area contributed by atoms with Crippen LogP contribution in [0.5, 0.6) is 0 Å². The molecule has 5 heteroatoms. The molecular formula is C11H14BrNO2S. The Labute approximate surface area is 104 Å². The van der Waals surface area contributed by atoms with Gasteiger partial charge in [-0.15, -0.1) is 0 Å². The second-order valence-electron chi connectivity index (χ2n) is 4.06. The van der Waals surface area contributed by atoms with Crippen molar-refractivity contribution in [2.45, 2.75) is 30.9 Å². The molecule has 0 amide bonds. The van der Waals surface area contributed by atoms with Crippen LogP contribution in [0, 0.1) is 0 Å². The Bertz CT molecular complexity index is 467. The normalized spacial score (nSPS) is 17.6. The van der Waals surface area contributed by atoms with Crippen LogP contribution in [0.3, 0.4) is 0 Å².